The number of amides is 1. The SMILES string of the molecule is C=C(C)C(=O)OCC1CO1.C=CC(N)=O.CC=CC(=O)O.COC(=O)/C=C/C(=O)OC.[NaH].[NaH]. The zero-order valence-electron chi connectivity index (χ0n) is 18.0. The Morgan fingerprint density at radius 1 is 1.06 bits per heavy atom. The van der Waals surface area contributed by atoms with Gasteiger partial charge in [-0.25, -0.2) is 19.2 Å². The molecule has 178 valence electrons. The number of carboxylic acid groups (broad SMARTS) is 1. The summed E-state index contributed by atoms with van der Waals surface area (Å²) in [5, 5.41) is 7.83. The second-order valence-corrected chi connectivity index (χ2v) is 5.16. The van der Waals surface area contributed by atoms with Crippen LogP contribution in [0.2, 0.25) is 0 Å². The number of methoxy groups -OCH3 is 2. The van der Waals surface area contributed by atoms with Gasteiger partial charge in [0.25, 0.3) is 0 Å². The summed E-state index contributed by atoms with van der Waals surface area (Å²) < 4.78 is 18.0. The maximum absolute atomic E-state index is 10.7. The summed E-state index contributed by atoms with van der Waals surface area (Å²) in [7, 11) is 2.45. The fraction of sp³-hybridized carbons (Fsp3) is 0.350. The van der Waals surface area contributed by atoms with E-state index in [0.717, 1.165) is 24.3 Å². The van der Waals surface area contributed by atoms with Crippen LogP contribution in [-0.2, 0) is 42.9 Å². The molecule has 0 aromatic carbocycles. The molecule has 0 aliphatic carbocycles. The third-order valence-corrected chi connectivity index (χ3v) is 2.42. The first-order chi connectivity index (χ1) is 14.4. The average molecular weight is 491 g/mol. The van der Waals surface area contributed by atoms with Crippen molar-refractivity contribution in [2.75, 3.05) is 27.4 Å². The van der Waals surface area contributed by atoms with Gasteiger partial charge in [0.2, 0.25) is 5.91 Å². The van der Waals surface area contributed by atoms with Crippen LogP contribution in [0, 0.1) is 0 Å². The Bertz CT molecular complexity index is 668. The molecule has 1 saturated heterocycles. The van der Waals surface area contributed by atoms with Gasteiger partial charge in [0, 0.05) is 23.8 Å². The molecular formula is C20H31NNa2O10. The first kappa shape index (κ1) is 41.5. The Morgan fingerprint density at radius 2 is 1.45 bits per heavy atom. The number of nitrogens with two attached hydrogens (primary N) is 1. The number of ether oxygens (including phenoxy) is 4. The normalized spacial score (nSPS) is 12.2. The predicted molar refractivity (Wildman–Crippen MR) is 125 cm³/mol. The van der Waals surface area contributed by atoms with Gasteiger partial charge in [-0.2, -0.15) is 0 Å². The first-order valence-corrected chi connectivity index (χ1v) is 8.50. The molecule has 1 aliphatic rings. The standard InChI is InChI=1S/C7H10O3.C6H8O4.C4H6O2.C3H5NO.2Na.2H/c1-5(2)7(8)10-4-6-3-9-6;1-9-5(7)3-4-6(8)10-2;1-2-3-4(5)6;1-2-3(4)5;;;;/h6H,1,3-4H2,2H3;3-4H,1-2H3;2-3H,1H3,(H,5,6);2H,1H2,(H2,4,5);;;;/b;4-3+;;;;;;. The summed E-state index contributed by atoms with van der Waals surface area (Å²) in [5.41, 5.74) is 4.97. The van der Waals surface area contributed by atoms with E-state index in [-0.39, 0.29) is 71.2 Å². The third kappa shape index (κ3) is 41.1. The summed E-state index contributed by atoms with van der Waals surface area (Å²) in [6, 6.07) is 0. The molecule has 3 N–H and O–H groups in total. The molecule has 1 atom stereocenters. The molecule has 0 radical (unpaired) electrons. The molecule has 1 unspecified atom stereocenters. The summed E-state index contributed by atoms with van der Waals surface area (Å²) in [4.78, 5) is 50.3. The Hall–Kier alpha value is -1.73. The number of primary amides is 1. The van der Waals surface area contributed by atoms with Gasteiger partial charge in [-0.05, 0) is 19.9 Å². The van der Waals surface area contributed by atoms with Gasteiger partial charge in [0.05, 0.1) is 20.8 Å². The molecule has 11 nitrogen and oxygen atoms in total. The van der Waals surface area contributed by atoms with Gasteiger partial charge in [-0.1, -0.05) is 19.2 Å². The van der Waals surface area contributed by atoms with Gasteiger partial charge in [-0.3, -0.25) is 4.79 Å². The monoisotopic (exact) mass is 491 g/mol. The van der Waals surface area contributed by atoms with Crippen LogP contribution in [0.15, 0.2) is 49.1 Å². The molecule has 0 spiro atoms. The van der Waals surface area contributed by atoms with Crippen LogP contribution in [0.3, 0.4) is 0 Å². The summed E-state index contributed by atoms with van der Waals surface area (Å²) in [6.07, 6.45) is 5.74. The molecule has 13 heteroatoms. The number of hydrogen-bond donors (Lipinski definition) is 2. The van der Waals surface area contributed by atoms with E-state index in [1.165, 1.54) is 20.3 Å². The number of hydrogen-bond acceptors (Lipinski definition) is 9. The van der Waals surface area contributed by atoms with Crippen molar-refractivity contribution in [2.24, 2.45) is 5.73 Å². The van der Waals surface area contributed by atoms with Crippen molar-refractivity contribution >= 4 is 88.9 Å². The number of allylic oxidation sites excluding steroid dienone is 1. The topological polar surface area (TPSA) is 172 Å². The minimum atomic E-state index is -0.891. The number of aliphatic carboxylic acids is 1. The maximum atomic E-state index is 10.7. The summed E-state index contributed by atoms with van der Waals surface area (Å²) in [6.45, 7) is 10.9. The van der Waals surface area contributed by atoms with E-state index >= 15 is 0 Å². The molecule has 0 aromatic heterocycles. The van der Waals surface area contributed by atoms with E-state index in [2.05, 4.69) is 28.4 Å². The second kappa shape index (κ2) is 28.3. The number of rotatable bonds is 7. The molecule has 1 heterocycles. The van der Waals surface area contributed by atoms with Crippen LogP contribution in [0.5, 0.6) is 0 Å². The summed E-state index contributed by atoms with van der Waals surface area (Å²) >= 11 is 0. The Balaban J connectivity index is -0.000000108. The van der Waals surface area contributed by atoms with Crippen LogP contribution in [0.25, 0.3) is 0 Å². The molecule has 1 rings (SSSR count). The van der Waals surface area contributed by atoms with Crippen molar-refractivity contribution in [3.8, 4) is 0 Å². The van der Waals surface area contributed by atoms with Crippen LogP contribution < -0.4 is 5.73 Å². The Kier molecular flexibility index (Phi) is 35.6. The van der Waals surface area contributed by atoms with Gasteiger partial charge in [0.1, 0.15) is 12.7 Å². The second-order valence-electron chi connectivity index (χ2n) is 5.16. The van der Waals surface area contributed by atoms with Gasteiger partial charge in [-0.15, -0.1) is 0 Å². The Labute approximate surface area is 237 Å². The van der Waals surface area contributed by atoms with Crippen molar-refractivity contribution in [2.45, 2.75) is 20.0 Å². The number of carbonyl (C=O) groups excluding carboxylic acids is 4. The van der Waals surface area contributed by atoms with Crippen molar-refractivity contribution in [3.05, 3.63) is 49.1 Å². The molecule has 0 aromatic rings. The van der Waals surface area contributed by atoms with Gasteiger partial charge < -0.3 is 29.8 Å². The van der Waals surface area contributed by atoms with Crippen molar-refractivity contribution in [1.29, 1.82) is 0 Å². The molecule has 1 amide bonds. The van der Waals surface area contributed by atoms with Gasteiger partial charge >= 0.3 is 83.0 Å². The molecule has 1 fully saturated rings. The summed E-state index contributed by atoms with van der Waals surface area (Å²) in [5.74, 6) is -2.87. The van der Waals surface area contributed by atoms with E-state index in [4.69, 9.17) is 14.6 Å². The van der Waals surface area contributed by atoms with Gasteiger partial charge in [0.15, 0.2) is 0 Å². The molecule has 0 bridgehead atoms. The zero-order valence-corrected chi connectivity index (χ0v) is 18.0. The van der Waals surface area contributed by atoms with Crippen LogP contribution in [0.4, 0.5) is 0 Å². The first-order valence-electron chi connectivity index (χ1n) is 8.50. The van der Waals surface area contributed by atoms with E-state index in [9.17, 15) is 24.0 Å². The number of carbonyl (C=O) groups is 5. The third-order valence-electron chi connectivity index (χ3n) is 2.42. The Morgan fingerprint density at radius 3 is 1.64 bits per heavy atom. The number of epoxide rings is 1. The molecule has 0 saturated carbocycles. The predicted octanol–water partition coefficient (Wildman–Crippen LogP) is -0.599. The average Bonchev–Trinajstić information content (AvgIpc) is 3.55. The minimum absolute atomic E-state index is 0. The van der Waals surface area contributed by atoms with E-state index in [0.29, 0.717) is 18.8 Å². The zero-order chi connectivity index (χ0) is 24.8. The molecule has 33 heavy (non-hydrogen) atoms. The van der Waals surface area contributed by atoms with Crippen molar-refractivity contribution in [1.82, 2.24) is 0 Å². The molecule has 1 aliphatic heterocycles. The van der Waals surface area contributed by atoms with Crippen molar-refractivity contribution < 1.29 is 48.0 Å². The fourth-order valence-corrected chi connectivity index (χ4v) is 0.871. The van der Waals surface area contributed by atoms with Crippen molar-refractivity contribution in [3.63, 3.8) is 0 Å². The van der Waals surface area contributed by atoms with Crippen LogP contribution in [0.1, 0.15) is 13.8 Å². The fourth-order valence-electron chi connectivity index (χ4n) is 0.871. The quantitative estimate of drug-likeness (QED) is 0.154. The number of esters is 3. The van der Waals surface area contributed by atoms with Crippen LogP contribution >= 0.6 is 0 Å². The molecular weight excluding hydrogens is 460 g/mol. The van der Waals surface area contributed by atoms with E-state index < -0.39 is 23.8 Å². The number of carboxylic acids is 1. The van der Waals surface area contributed by atoms with Crippen LogP contribution in [-0.4, -0.2) is 128 Å². The van der Waals surface area contributed by atoms with E-state index in [1.807, 2.05) is 0 Å². The van der Waals surface area contributed by atoms with E-state index in [1.54, 1.807) is 13.8 Å².